The van der Waals surface area contributed by atoms with E-state index in [1.54, 1.807) is 36.1 Å². The van der Waals surface area contributed by atoms with Gasteiger partial charge in [0.2, 0.25) is 11.1 Å². The van der Waals surface area contributed by atoms with Gasteiger partial charge in [0.25, 0.3) is 5.91 Å². The van der Waals surface area contributed by atoms with Crippen LogP contribution in [0.2, 0.25) is 10.0 Å². The van der Waals surface area contributed by atoms with Gasteiger partial charge < -0.3 is 15.4 Å². The zero-order valence-corrected chi connectivity index (χ0v) is 20.0. The SMILES string of the molecule is CCSc1nc2n(n1)[C@@H](c1ccc(Cl)cc1Cl)C(C(=O)Nc1ccccc1OC)=C(C)N2. The van der Waals surface area contributed by atoms with Crippen LogP contribution in [0.5, 0.6) is 5.75 Å². The highest BCUT2D eigenvalue weighted by Crippen LogP contribution is 2.40. The minimum atomic E-state index is -0.593. The van der Waals surface area contributed by atoms with E-state index in [9.17, 15) is 4.79 Å². The molecule has 0 fully saturated rings. The van der Waals surface area contributed by atoms with Crippen LogP contribution in [0.3, 0.4) is 0 Å². The molecule has 2 N–H and O–H groups in total. The third kappa shape index (κ3) is 4.30. The average molecular weight is 490 g/mol. The summed E-state index contributed by atoms with van der Waals surface area (Å²) in [5.74, 6) is 1.63. The first kappa shape index (κ1) is 22.5. The van der Waals surface area contributed by atoms with Gasteiger partial charge in [-0.15, -0.1) is 5.10 Å². The van der Waals surface area contributed by atoms with Crippen LogP contribution in [0.4, 0.5) is 11.6 Å². The summed E-state index contributed by atoms with van der Waals surface area (Å²) in [6.45, 7) is 3.86. The monoisotopic (exact) mass is 489 g/mol. The van der Waals surface area contributed by atoms with Gasteiger partial charge in [0.1, 0.15) is 11.8 Å². The molecular weight excluding hydrogens is 469 g/mol. The second kappa shape index (κ2) is 9.44. The Morgan fingerprint density at radius 1 is 1.28 bits per heavy atom. The molecule has 0 bridgehead atoms. The molecule has 166 valence electrons. The van der Waals surface area contributed by atoms with E-state index in [0.717, 1.165) is 5.75 Å². The van der Waals surface area contributed by atoms with Crippen molar-refractivity contribution in [2.75, 3.05) is 23.5 Å². The van der Waals surface area contributed by atoms with Gasteiger partial charge in [0.05, 0.1) is 18.4 Å². The topological polar surface area (TPSA) is 81.1 Å². The number of ether oxygens (including phenoxy) is 1. The van der Waals surface area contributed by atoms with E-state index < -0.39 is 6.04 Å². The first-order valence-electron chi connectivity index (χ1n) is 9.89. The summed E-state index contributed by atoms with van der Waals surface area (Å²) in [5.41, 5.74) is 2.38. The number of nitrogens with one attached hydrogen (secondary N) is 2. The van der Waals surface area contributed by atoms with E-state index in [0.29, 0.717) is 49.4 Å². The molecule has 0 saturated carbocycles. The van der Waals surface area contributed by atoms with Crippen molar-refractivity contribution >= 4 is 52.5 Å². The Bertz CT molecular complexity index is 1210. The predicted octanol–water partition coefficient (Wildman–Crippen LogP) is 5.63. The molecule has 10 heteroatoms. The van der Waals surface area contributed by atoms with Crippen LogP contribution in [-0.4, -0.2) is 33.5 Å². The molecule has 1 aromatic heterocycles. The summed E-state index contributed by atoms with van der Waals surface area (Å²) in [5, 5.41) is 12.4. The van der Waals surface area contributed by atoms with Gasteiger partial charge in [-0.25, -0.2) is 4.68 Å². The lowest BCUT2D eigenvalue weighted by atomic mass is 9.95. The quantitative estimate of drug-likeness (QED) is 0.436. The fourth-order valence-electron chi connectivity index (χ4n) is 3.56. The molecule has 0 radical (unpaired) electrons. The van der Waals surface area contributed by atoms with Crippen LogP contribution in [-0.2, 0) is 4.79 Å². The van der Waals surface area contributed by atoms with Crippen molar-refractivity contribution in [2.24, 2.45) is 0 Å². The summed E-state index contributed by atoms with van der Waals surface area (Å²) in [7, 11) is 1.56. The summed E-state index contributed by atoms with van der Waals surface area (Å²) < 4.78 is 7.07. The normalized spacial score (nSPS) is 15.2. The molecule has 1 atom stereocenters. The second-order valence-corrected chi connectivity index (χ2v) is 9.06. The maximum Gasteiger partial charge on any atom is 0.255 e. The number of halogens is 2. The number of hydrogen-bond acceptors (Lipinski definition) is 6. The van der Waals surface area contributed by atoms with Crippen molar-refractivity contribution in [3.63, 3.8) is 0 Å². The molecule has 0 aliphatic carbocycles. The Morgan fingerprint density at radius 2 is 2.06 bits per heavy atom. The van der Waals surface area contributed by atoms with Crippen molar-refractivity contribution in [3.8, 4) is 5.75 Å². The van der Waals surface area contributed by atoms with Gasteiger partial charge in [-0.05, 0) is 36.9 Å². The van der Waals surface area contributed by atoms with E-state index in [-0.39, 0.29) is 5.91 Å². The number of allylic oxidation sites excluding steroid dienone is 1. The van der Waals surface area contributed by atoms with E-state index >= 15 is 0 Å². The third-order valence-corrected chi connectivity index (χ3v) is 6.25. The van der Waals surface area contributed by atoms with Gasteiger partial charge in [-0.1, -0.05) is 60.1 Å². The third-order valence-electron chi connectivity index (χ3n) is 4.96. The molecule has 2 heterocycles. The van der Waals surface area contributed by atoms with E-state index in [1.165, 1.54) is 11.8 Å². The number of amides is 1. The number of thioether (sulfide) groups is 1. The summed E-state index contributed by atoms with van der Waals surface area (Å²) in [6.07, 6.45) is 0. The van der Waals surface area contributed by atoms with Gasteiger partial charge in [0, 0.05) is 21.3 Å². The standard InChI is InChI=1S/C22H21Cl2N5O2S/c1-4-32-22-27-21-25-12(2)18(20(30)26-16-7-5-6-8-17(16)31-3)19(29(21)28-22)14-10-9-13(23)11-15(14)24/h5-11,19H,4H2,1-3H3,(H,26,30)(H,25,27,28)/t19-/m0/s1. The number of hydrogen-bond donors (Lipinski definition) is 2. The van der Waals surface area contributed by atoms with Crippen molar-refractivity contribution in [3.05, 3.63) is 69.3 Å². The number of para-hydroxylation sites is 2. The molecule has 4 rings (SSSR count). The Kier molecular flexibility index (Phi) is 6.64. The lowest BCUT2D eigenvalue weighted by molar-refractivity contribution is -0.113. The highest BCUT2D eigenvalue weighted by atomic mass is 35.5. The minimum Gasteiger partial charge on any atom is -0.495 e. The van der Waals surface area contributed by atoms with Gasteiger partial charge in [0.15, 0.2) is 0 Å². The van der Waals surface area contributed by atoms with Crippen LogP contribution < -0.4 is 15.4 Å². The van der Waals surface area contributed by atoms with Crippen molar-refractivity contribution < 1.29 is 9.53 Å². The summed E-state index contributed by atoms with van der Waals surface area (Å²) in [4.78, 5) is 18.1. The number of carbonyl (C=O) groups excluding carboxylic acids is 1. The van der Waals surface area contributed by atoms with Crippen LogP contribution in [0.1, 0.15) is 25.5 Å². The van der Waals surface area contributed by atoms with Crippen LogP contribution in [0.15, 0.2) is 58.9 Å². The van der Waals surface area contributed by atoms with E-state index in [4.69, 9.17) is 27.9 Å². The molecular formula is C22H21Cl2N5O2S. The molecule has 0 saturated heterocycles. The molecule has 1 aliphatic heterocycles. The maximum atomic E-state index is 13.5. The molecule has 2 aromatic carbocycles. The zero-order chi connectivity index (χ0) is 22.8. The molecule has 3 aromatic rings. The smallest absolute Gasteiger partial charge is 0.255 e. The molecule has 1 aliphatic rings. The van der Waals surface area contributed by atoms with Crippen LogP contribution >= 0.6 is 35.0 Å². The highest BCUT2D eigenvalue weighted by molar-refractivity contribution is 7.99. The number of rotatable bonds is 6. The number of benzene rings is 2. The number of nitrogens with zero attached hydrogens (tertiary/aromatic N) is 3. The second-order valence-electron chi connectivity index (χ2n) is 6.98. The highest BCUT2D eigenvalue weighted by Gasteiger charge is 2.35. The summed E-state index contributed by atoms with van der Waals surface area (Å²) in [6, 6.07) is 11.9. The molecule has 0 unspecified atom stereocenters. The zero-order valence-electron chi connectivity index (χ0n) is 17.6. The van der Waals surface area contributed by atoms with Crippen LogP contribution in [0.25, 0.3) is 0 Å². The number of methoxy groups -OCH3 is 1. The van der Waals surface area contributed by atoms with E-state index in [2.05, 4.69) is 20.7 Å². The largest absolute Gasteiger partial charge is 0.495 e. The number of aromatic nitrogens is 3. The fraction of sp³-hybridized carbons (Fsp3) is 0.227. The van der Waals surface area contributed by atoms with Gasteiger partial charge >= 0.3 is 0 Å². The Morgan fingerprint density at radius 3 is 2.78 bits per heavy atom. The van der Waals surface area contributed by atoms with Crippen molar-refractivity contribution in [1.82, 2.24) is 14.8 Å². The van der Waals surface area contributed by atoms with Gasteiger partial charge in [-0.3, -0.25) is 4.79 Å². The Labute approximate surface area is 200 Å². The lowest BCUT2D eigenvalue weighted by Crippen LogP contribution is -2.31. The maximum absolute atomic E-state index is 13.5. The molecule has 0 spiro atoms. The molecule has 7 nitrogen and oxygen atoms in total. The number of anilines is 2. The van der Waals surface area contributed by atoms with Crippen LogP contribution in [0, 0.1) is 0 Å². The minimum absolute atomic E-state index is 0.304. The van der Waals surface area contributed by atoms with Crippen molar-refractivity contribution in [1.29, 1.82) is 0 Å². The first-order valence-corrected chi connectivity index (χ1v) is 11.6. The fourth-order valence-corrected chi connectivity index (χ4v) is 4.63. The molecule has 32 heavy (non-hydrogen) atoms. The predicted molar refractivity (Wildman–Crippen MR) is 129 cm³/mol. The van der Waals surface area contributed by atoms with Gasteiger partial charge in [-0.2, -0.15) is 4.98 Å². The van der Waals surface area contributed by atoms with Crippen molar-refractivity contribution in [2.45, 2.75) is 25.0 Å². The molecule has 1 amide bonds. The van der Waals surface area contributed by atoms with E-state index in [1.807, 2.05) is 32.0 Å². The summed E-state index contributed by atoms with van der Waals surface area (Å²) >= 11 is 14.2. The average Bonchev–Trinajstić information content (AvgIpc) is 3.15. The number of carbonyl (C=O) groups is 1. The first-order chi connectivity index (χ1) is 15.4. The Hall–Kier alpha value is -2.68. The Balaban J connectivity index is 1.81. The lowest BCUT2D eigenvalue weighted by Gasteiger charge is -2.29. The number of fused-ring (bicyclic) bond motifs is 1.